The van der Waals surface area contributed by atoms with Crippen molar-refractivity contribution >= 4 is 10.8 Å². The molecule has 0 aliphatic carbocycles. The normalized spacial score (nSPS) is 10.6. The Bertz CT molecular complexity index is 842. The van der Waals surface area contributed by atoms with Crippen molar-refractivity contribution in [1.29, 1.82) is 5.26 Å². The lowest BCUT2D eigenvalue weighted by atomic mass is 10.1. The van der Waals surface area contributed by atoms with E-state index in [-0.39, 0.29) is 0 Å². The number of nitriles is 1. The third-order valence-electron chi connectivity index (χ3n) is 3.74. The second-order valence-corrected chi connectivity index (χ2v) is 5.30. The molecule has 5 nitrogen and oxygen atoms in total. The van der Waals surface area contributed by atoms with Crippen molar-refractivity contribution in [2.24, 2.45) is 0 Å². The van der Waals surface area contributed by atoms with Gasteiger partial charge in [-0.25, -0.2) is 4.68 Å². The highest BCUT2D eigenvalue weighted by Gasteiger charge is 2.11. The highest BCUT2D eigenvalue weighted by atomic mass is 16.5. The summed E-state index contributed by atoms with van der Waals surface area (Å²) in [4.78, 5) is 0. The minimum atomic E-state index is 0.414. The molecule has 3 aromatic rings. The zero-order valence-electron chi connectivity index (χ0n) is 13.1. The van der Waals surface area contributed by atoms with Crippen molar-refractivity contribution in [3.63, 3.8) is 0 Å². The van der Waals surface area contributed by atoms with E-state index >= 15 is 0 Å². The van der Waals surface area contributed by atoms with Gasteiger partial charge in [0.05, 0.1) is 12.2 Å². The Morgan fingerprint density at radius 1 is 1.17 bits per heavy atom. The molecule has 3 rings (SSSR count). The number of hydrogen-bond donors (Lipinski definition) is 0. The van der Waals surface area contributed by atoms with Crippen LogP contribution in [0.15, 0.2) is 42.5 Å². The Morgan fingerprint density at radius 2 is 2.00 bits per heavy atom. The summed E-state index contributed by atoms with van der Waals surface area (Å²) < 4.78 is 7.70. The Hall–Kier alpha value is -2.87. The molecule has 0 amide bonds. The molecule has 1 aromatic heterocycles. The molecule has 0 unspecified atom stereocenters. The van der Waals surface area contributed by atoms with Crippen molar-refractivity contribution < 1.29 is 4.74 Å². The molecular weight excluding hydrogens is 288 g/mol. The molecule has 0 aliphatic heterocycles. The van der Waals surface area contributed by atoms with E-state index < -0.39 is 0 Å². The van der Waals surface area contributed by atoms with Gasteiger partial charge >= 0.3 is 0 Å². The lowest BCUT2D eigenvalue weighted by molar-refractivity contribution is 0.290. The molecule has 0 bridgehead atoms. The predicted octanol–water partition coefficient (Wildman–Crippen LogP) is 3.33. The van der Waals surface area contributed by atoms with Gasteiger partial charge in [0.15, 0.2) is 5.69 Å². The first-order chi connectivity index (χ1) is 11.3. The number of rotatable bonds is 6. The molecule has 0 saturated carbocycles. The fraction of sp³-hybridized carbons (Fsp3) is 0.278. The Balaban J connectivity index is 1.72. The van der Waals surface area contributed by atoms with Crippen LogP contribution in [-0.4, -0.2) is 21.6 Å². The van der Waals surface area contributed by atoms with Crippen molar-refractivity contribution in [3.05, 3.63) is 53.9 Å². The average molecular weight is 306 g/mol. The topological polar surface area (TPSA) is 63.7 Å². The van der Waals surface area contributed by atoms with E-state index in [9.17, 15) is 0 Å². The molecule has 0 N–H and O–H groups in total. The van der Waals surface area contributed by atoms with E-state index in [1.54, 1.807) is 4.68 Å². The number of nitrogens with zero attached hydrogens (tertiary/aromatic N) is 4. The summed E-state index contributed by atoms with van der Waals surface area (Å²) in [7, 11) is 0. The standard InChI is InChI=1S/C18H18N4O/c1-2-6-17-16(13-19)20-21-22(17)11-12-23-18-10-5-8-14-7-3-4-9-15(14)18/h3-5,7-10H,2,6,11-12H2,1H3. The second-order valence-electron chi connectivity index (χ2n) is 5.30. The molecule has 0 spiro atoms. The molecular formula is C18H18N4O. The predicted molar refractivity (Wildman–Crippen MR) is 88.2 cm³/mol. The number of ether oxygens (including phenoxy) is 1. The maximum absolute atomic E-state index is 9.08. The van der Waals surface area contributed by atoms with Gasteiger partial charge in [-0.2, -0.15) is 5.26 Å². The SMILES string of the molecule is CCCc1c(C#N)nnn1CCOc1cccc2ccccc12. The summed E-state index contributed by atoms with van der Waals surface area (Å²) in [5.41, 5.74) is 1.30. The Morgan fingerprint density at radius 3 is 2.83 bits per heavy atom. The maximum atomic E-state index is 9.08. The van der Waals surface area contributed by atoms with Gasteiger partial charge < -0.3 is 4.74 Å². The maximum Gasteiger partial charge on any atom is 0.185 e. The molecule has 5 heteroatoms. The highest BCUT2D eigenvalue weighted by Crippen LogP contribution is 2.25. The molecule has 2 aromatic carbocycles. The second kappa shape index (κ2) is 6.93. The molecule has 0 fully saturated rings. The van der Waals surface area contributed by atoms with Crippen LogP contribution in [0.5, 0.6) is 5.75 Å². The van der Waals surface area contributed by atoms with Crippen LogP contribution in [0, 0.1) is 11.3 Å². The average Bonchev–Trinajstić information content (AvgIpc) is 2.97. The van der Waals surface area contributed by atoms with Crippen molar-refractivity contribution in [1.82, 2.24) is 15.0 Å². The fourth-order valence-electron chi connectivity index (χ4n) is 2.65. The largest absolute Gasteiger partial charge is 0.491 e. The quantitative estimate of drug-likeness (QED) is 0.700. The molecule has 0 atom stereocenters. The van der Waals surface area contributed by atoms with E-state index in [0.29, 0.717) is 18.8 Å². The third-order valence-corrected chi connectivity index (χ3v) is 3.74. The highest BCUT2D eigenvalue weighted by molar-refractivity contribution is 5.88. The van der Waals surface area contributed by atoms with E-state index in [2.05, 4.69) is 41.5 Å². The summed E-state index contributed by atoms with van der Waals surface area (Å²) in [6, 6.07) is 16.3. The fourth-order valence-corrected chi connectivity index (χ4v) is 2.65. The lowest BCUT2D eigenvalue weighted by Crippen LogP contribution is -2.12. The van der Waals surface area contributed by atoms with Gasteiger partial charge in [-0.3, -0.25) is 0 Å². The van der Waals surface area contributed by atoms with E-state index in [1.807, 2.05) is 24.3 Å². The first-order valence-electron chi connectivity index (χ1n) is 7.76. The van der Waals surface area contributed by atoms with Crippen LogP contribution in [0.25, 0.3) is 10.8 Å². The van der Waals surface area contributed by atoms with Crippen LogP contribution in [0.2, 0.25) is 0 Å². The summed E-state index contributed by atoms with van der Waals surface area (Å²) in [5.74, 6) is 0.862. The molecule has 23 heavy (non-hydrogen) atoms. The van der Waals surface area contributed by atoms with E-state index in [0.717, 1.165) is 35.1 Å². The van der Waals surface area contributed by atoms with E-state index in [4.69, 9.17) is 10.00 Å². The lowest BCUT2D eigenvalue weighted by Gasteiger charge is -2.10. The number of fused-ring (bicyclic) bond motifs is 1. The third kappa shape index (κ3) is 3.16. The summed E-state index contributed by atoms with van der Waals surface area (Å²) in [6.07, 6.45) is 1.75. The van der Waals surface area contributed by atoms with Crippen molar-refractivity contribution in [3.8, 4) is 11.8 Å². The van der Waals surface area contributed by atoms with Crippen LogP contribution in [0.4, 0.5) is 0 Å². The Labute approximate surface area is 135 Å². The van der Waals surface area contributed by atoms with Crippen molar-refractivity contribution in [2.75, 3.05) is 6.61 Å². The molecule has 1 heterocycles. The minimum Gasteiger partial charge on any atom is -0.491 e. The first kappa shape index (κ1) is 15.0. The van der Waals surface area contributed by atoms with Crippen molar-refractivity contribution in [2.45, 2.75) is 26.3 Å². The van der Waals surface area contributed by atoms with Gasteiger partial charge in [0.1, 0.15) is 18.4 Å². The smallest absolute Gasteiger partial charge is 0.185 e. The van der Waals surface area contributed by atoms with Crippen LogP contribution in [-0.2, 0) is 13.0 Å². The summed E-state index contributed by atoms with van der Waals surface area (Å²) >= 11 is 0. The number of aromatic nitrogens is 3. The first-order valence-corrected chi connectivity index (χ1v) is 7.76. The van der Waals surface area contributed by atoms with Crippen LogP contribution >= 0.6 is 0 Å². The Kier molecular flexibility index (Phi) is 4.53. The summed E-state index contributed by atoms with van der Waals surface area (Å²) in [6.45, 7) is 3.14. The molecule has 0 radical (unpaired) electrons. The van der Waals surface area contributed by atoms with Crippen LogP contribution in [0.3, 0.4) is 0 Å². The zero-order chi connectivity index (χ0) is 16.1. The van der Waals surface area contributed by atoms with Gasteiger partial charge in [0, 0.05) is 5.39 Å². The minimum absolute atomic E-state index is 0.414. The molecule has 0 aliphatic rings. The van der Waals surface area contributed by atoms with Gasteiger partial charge in [-0.15, -0.1) is 5.10 Å². The van der Waals surface area contributed by atoms with Gasteiger partial charge in [0.2, 0.25) is 0 Å². The van der Waals surface area contributed by atoms with Gasteiger partial charge in [-0.1, -0.05) is 55.0 Å². The van der Waals surface area contributed by atoms with Crippen LogP contribution in [0.1, 0.15) is 24.7 Å². The molecule has 116 valence electrons. The summed E-state index contributed by atoms with van der Waals surface area (Å²) in [5, 5.41) is 19.3. The zero-order valence-corrected chi connectivity index (χ0v) is 13.1. The van der Waals surface area contributed by atoms with E-state index in [1.165, 1.54) is 0 Å². The number of benzene rings is 2. The van der Waals surface area contributed by atoms with Gasteiger partial charge in [0.25, 0.3) is 0 Å². The molecule has 0 saturated heterocycles. The number of hydrogen-bond acceptors (Lipinski definition) is 4. The van der Waals surface area contributed by atoms with Crippen LogP contribution < -0.4 is 4.74 Å². The monoisotopic (exact) mass is 306 g/mol. The van der Waals surface area contributed by atoms with Gasteiger partial charge in [-0.05, 0) is 17.9 Å².